The number of hydrogen-bond acceptors (Lipinski definition) is 7. The fourth-order valence-electron chi connectivity index (χ4n) is 4.09. The van der Waals surface area contributed by atoms with Crippen LogP contribution in [0.2, 0.25) is 0 Å². The zero-order valence-corrected chi connectivity index (χ0v) is 19.3. The van der Waals surface area contributed by atoms with Gasteiger partial charge in [0.15, 0.2) is 0 Å². The van der Waals surface area contributed by atoms with Gasteiger partial charge in [-0.1, -0.05) is 30.3 Å². The lowest BCUT2D eigenvalue weighted by atomic mass is 9.94. The molecule has 1 fully saturated rings. The lowest BCUT2D eigenvalue weighted by Crippen LogP contribution is -2.29. The normalized spacial score (nSPS) is 16.8. The number of rotatable bonds is 6. The van der Waals surface area contributed by atoms with Crippen molar-refractivity contribution in [2.24, 2.45) is 0 Å². The summed E-state index contributed by atoms with van der Waals surface area (Å²) in [7, 11) is 4.25. The number of esters is 1. The minimum atomic E-state index is -0.985. The monoisotopic (exact) mass is 473 g/mol. The molecular weight excluding hydrogens is 450 g/mol. The Morgan fingerprint density at radius 3 is 2.23 bits per heavy atom. The zero-order valence-electron chi connectivity index (χ0n) is 19.3. The van der Waals surface area contributed by atoms with Crippen LogP contribution in [0.1, 0.15) is 27.5 Å². The Hall–Kier alpha value is -4.59. The van der Waals surface area contributed by atoms with Crippen molar-refractivity contribution in [3.05, 3.63) is 95.1 Å². The fourth-order valence-corrected chi connectivity index (χ4v) is 4.09. The Morgan fingerprint density at radius 2 is 1.57 bits per heavy atom. The predicted molar refractivity (Wildman–Crippen MR) is 129 cm³/mol. The van der Waals surface area contributed by atoms with Crippen molar-refractivity contribution in [2.45, 2.75) is 6.04 Å². The first-order chi connectivity index (χ1) is 16.9. The maximum absolute atomic E-state index is 13.3. The van der Waals surface area contributed by atoms with Crippen LogP contribution in [0.3, 0.4) is 0 Å². The van der Waals surface area contributed by atoms with Gasteiger partial charge in [0.1, 0.15) is 17.3 Å². The third-order valence-electron chi connectivity index (χ3n) is 5.79. The van der Waals surface area contributed by atoms with Crippen molar-refractivity contribution in [1.82, 2.24) is 0 Å². The summed E-state index contributed by atoms with van der Waals surface area (Å²) >= 11 is 0. The summed E-state index contributed by atoms with van der Waals surface area (Å²) in [5.74, 6) is -1.62. The minimum absolute atomic E-state index is 0.0928. The van der Waals surface area contributed by atoms with E-state index in [4.69, 9.17) is 14.2 Å². The van der Waals surface area contributed by atoms with E-state index in [0.29, 0.717) is 28.3 Å². The van der Waals surface area contributed by atoms with Crippen molar-refractivity contribution in [1.29, 1.82) is 0 Å². The molecule has 0 aromatic heterocycles. The van der Waals surface area contributed by atoms with E-state index >= 15 is 0 Å². The highest BCUT2D eigenvalue weighted by atomic mass is 16.5. The van der Waals surface area contributed by atoms with Crippen molar-refractivity contribution in [3.63, 3.8) is 0 Å². The summed E-state index contributed by atoms with van der Waals surface area (Å²) in [6.07, 6.45) is 0. The SMILES string of the molecule is COC(=O)c1ccc(N2C(=O)C(=O)/C(=C(/O)c3cccc(OC)c3)C2c2ccccc2OC)cc1. The molecule has 1 heterocycles. The molecule has 0 saturated carbocycles. The second-order valence-corrected chi connectivity index (χ2v) is 7.68. The lowest BCUT2D eigenvalue weighted by Gasteiger charge is -2.26. The van der Waals surface area contributed by atoms with Gasteiger partial charge in [0.05, 0.1) is 38.5 Å². The summed E-state index contributed by atoms with van der Waals surface area (Å²) < 4.78 is 15.5. The molecule has 1 aliphatic heterocycles. The summed E-state index contributed by atoms with van der Waals surface area (Å²) in [4.78, 5) is 39.8. The molecule has 35 heavy (non-hydrogen) atoms. The van der Waals surface area contributed by atoms with Gasteiger partial charge in [0, 0.05) is 16.8 Å². The van der Waals surface area contributed by atoms with Crippen LogP contribution in [-0.4, -0.2) is 44.1 Å². The minimum Gasteiger partial charge on any atom is -0.507 e. The molecule has 1 saturated heterocycles. The number of carbonyl (C=O) groups excluding carboxylic acids is 3. The van der Waals surface area contributed by atoms with Crippen LogP contribution in [0.5, 0.6) is 11.5 Å². The number of ether oxygens (including phenoxy) is 3. The highest BCUT2D eigenvalue weighted by molar-refractivity contribution is 6.51. The molecule has 178 valence electrons. The molecule has 1 aliphatic rings. The Labute approximate surface area is 202 Å². The predicted octanol–water partition coefficient (Wildman–Crippen LogP) is 4.12. The molecule has 3 aromatic rings. The molecule has 0 spiro atoms. The lowest BCUT2D eigenvalue weighted by molar-refractivity contribution is -0.132. The Balaban J connectivity index is 1.93. The van der Waals surface area contributed by atoms with E-state index < -0.39 is 23.7 Å². The van der Waals surface area contributed by atoms with E-state index in [1.165, 1.54) is 38.4 Å². The van der Waals surface area contributed by atoms with E-state index in [-0.39, 0.29) is 16.9 Å². The summed E-state index contributed by atoms with van der Waals surface area (Å²) in [5.41, 5.74) is 1.39. The van der Waals surface area contributed by atoms with Gasteiger partial charge >= 0.3 is 5.97 Å². The van der Waals surface area contributed by atoms with Gasteiger partial charge in [-0.3, -0.25) is 14.5 Å². The number of anilines is 1. The van der Waals surface area contributed by atoms with Crippen LogP contribution in [0.15, 0.2) is 78.4 Å². The number of Topliss-reactive ketones (excluding diaryl/α,β-unsaturated/α-hetero) is 1. The van der Waals surface area contributed by atoms with E-state index in [2.05, 4.69) is 0 Å². The second-order valence-electron chi connectivity index (χ2n) is 7.68. The molecule has 1 N–H and O–H groups in total. The first kappa shape index (κ1) is 23.6. The number of amides is 1. The first-order valence-electron chi connectivity index (χ1n) is 10.7. The molecule has 1 atom stereocenters. The van der Waals surface area contributed by atoms with Gasteiger partial charge in [-0.25, -0.2) is 4.79 Å². The maximum atomic E-state index is 13.3. The van der Waals surface area contributed by atoms with Crippen LogP contribution in [-0.2, 0) is 14.3 Å². The molecular formula is C27H23NO7. The first-order valence-corrected chi connectivity index (χ1v) is 10.7. The fraction of sp³-hybridized carbons (Fsp3) is 0.148. The smallest absolute Gasteiger partial charge is 0.337 e. The van der Waals surface area contributed by atoms with E-state index in [0.717, 1.165) is 0 Å². The van der Waals surface area contributed by atoms with E-state index in [9.17, 15) is 19.5 Å². The quantitative estimate of drug-likeness (QED) is 0.249. The van der Waals surface area contributed by atoms with Gasteiger partial charge < -0.3 is 19.3 Å². The van der Waals surface area contributed by atoms with Crippen LogP contribution in [0.4, 0.5) is 5.69 Å². The van der Waals surface area contributed by atoms with Crippen LogP contribution >= 0.6 is 0 Å². The molecule has 0 bridgehead atoms. The number of ketones is 1. The summed E-state index contributed by atoms with van der Waals surface area (Å²) in [6, 6.07) is 18.6. The largest absolute Gasteiger partial charge is 0.507 e. The summed E-state index contributed by atoms with van der Waals surface area (Å²) in [6.45, 7) is 0. The maximum Gasteiger partial charge on any atom is 0.337 e. The molecule has 1 unspecified atom stereocenters. The molecule has 8 nitrogen and oxygen atoms in total. The number of methoxy groups -OCH3 is 3. The van der Waals surface area contributed by atoms with Gasteiger partial charge in [-0.15, -0.1) is 0 Å². The highest BCUT2D eigenvalue weighted by Gasteiger charge is 2.48. The number of benzene rings is 3. The second kappa shape index (κ2) is 9.72. The molecule has 8 heteroatoms. The number of aliphatic hydroxyl groups excluding tert-OH is 1. The van der Waals surface area contributed by atoms with Crippen molar-refractivity contribution in [2.75, 3.05) is 26.2 Å². The number of hydrogen-bond donors (Lipinski definition) is 1. The van der Waals surface area contributed by atoms with E-state index in [1.807, 2.05) is 0 Å². The third-order valence-corrected chi connectivity index (χ3v) is 5.79. The molecule has 0 aliphatic carbocycles. The molecule has 3 aromatic carbocycles. The van der Waals surface area contributed by atoms with Crippen LogP contribution < -0.4 is 14.4 Å². The molecule has 0 radical (unpaired) electrons. The molecule has 4 rings (SSSR count). The van der Waals surface area contributed by atoms with Crippen LogP contribution in [0.25, 0.3) is 5.76 Å². The number of aliphatic hydroxyl groups is 1. The van der Waals surface area contributed by atoms with Crippen molar-refractivity contribution in [3.8, 4) is 11.5 Å². The highest BCUT2D eigenvalue weighted by Crippen LogP contribution is 2.45. The standard InChI is InChI=1S/C27H23NO7/c1-33-19-8-6-7-17(15-19)24(29)22-23(20-9-4-5-10-21(20)34-2)28(26(31)25(22)30)18-13-11-16(12-14-18)27(32)35-3/h4-15,23,29H,1-3H3/b24-22+. The summed E-state index contributed by atoms with van der Waals surface area (Å²) in [5, 5.41) is 11.3. The Bertz CT molecular complexity index is 1330. The van der Waals surface area contributed by atoms with Gasteiger partial charge in [0.25, 0.3) is 11.7 Å². The zero-order chi connectivity index (χ0) is 25.1. The average Bonchev–Trinajstić information content (AvgIpc) is 3.17. The van der Waals surface area contributed by atoms with Gasteiger partial charge in [0.2, 0.25) is 0 Å². The Morgan fingerprint density at radius 1 is 0.857 bits per heavy atom. The van der Waals surface area contributed by atoms with Crippen molar-refractivity contribution < 1.29 is 33.7 Å². The molecule has 1 amide bonds. The number of para-hydroxylation sites is 1. The Kier molecular flexibility index (Phi) is 6.55. The number of carbonyl (C=O) groups is 3. The van der Waals surface area contributed by atoms with E-state index in [1.54, 1.807) is 60.7 Å². The van der Waals surface area contributed by atoms with Gasteiger partial charge in [-0.05, 0) is 42.5 Å². The van der Waals surface area contributed by atoms with Crippen LogP contribution in [0, 0.1) is 0 Å². The van der Waals surface area contributed by atoms with Gasteiger partial charge in [-0.2, -0.15) is 0 Å². The average molecular weight is 473 g/mol. The third kappa shape index (κ3) is 4.21. The van der Waals surface area contributed by atoms with Crippen molar-refractivity contribution >= 4 is 29.1 Å². The number of nitrogens with zero attached hydrogens (tertiary/aromatic N) is 1. The topological polar surface area (TPSA) is 102 Å².